The molecule has 0 spiro atoms. The molecule has 0 atom stereocenters. The van der Waals surface area contributed by atoms with Gasteiger partial charge in [-0.2, -0.15) is 0 Å². The third kappa shape index (κ3) is 0.541. The highest BCUT2D eigenvalue weighted by Gasteiger charge is 2.10. The molecule has 0 aromatic carbocycles. The predicted octanol–water partition coefficient (Wildman–Crippen LogP) is 0.957. The molecule has 0 aromatic rings. The van der Waals surface area contributed by atoms with Gasteiger partial charge in [0, 0.05) is 5.57 Å². The predicted molar refractivity (Wildman–Crippen MR) is 29.5 cm³/mol. The largest absolute Gasteiger partial charge is 0.508 e. The van der Waals surface area contributed by atoms with Gasteiger partial charge in [0.05, 0.1) is 0 Å². The van der Waals surface area contributed by atoms with Crippen molar-refractivity contribution < 1.29 is 9.90 Å². The summed E-state index contributed by atoms with van der Waals surface area (Å²) in [6.07, 6.45) is 2.75. The Hall–Kier alpha value is -1.05. The highest BCUT2D eigenvalue weighted by Crippen LogP contribution is 2.10. The molecule has 8 heavy (non-hydrogen) atoms. The Morgan fingerprint density at radius 1 is 1.50 bits per heavy atom. The van der Waals surface area contributed by atoms with Gasteiger partial charge in [0.1, 0.15) is 5.76 Å². The first-order chi connectivity index (χ1) is 3.72. The molecule has 0 fully saturated rings. The van der Waals surface area contributed by atoms with Gasteiger partial charge in [0.15, 0.2) is 5.78 Å². The third-order valence-electron chi connectivity index (χ3n) is 1.15. The first-order valence-electron chi connectivity index (χ1n) is 2.34. The van der Waals surface area contributed by atoms with E-state index in [-0.39, 0.29) is 11.5 Å². The lowest BCUT2D eigenvalue weighted by Crippen LogP contribution is -1.89. The lowest BCUT2D eigenvalue weighted by atomic mass is 10.2. The molecule has 0 bridgehead atoms. The molecule has 2 nitrogen and oxygen atoms in total. The fourth-order valence-electron chi connectivity index (χ4n) is 0.531. The van der Waals surface area contributed by atoms with E-state index >= 15 is 0 Å². The number of carbonyl (C=O) groups excluding carboxylic acids is 1. The Kier molecular flexibility index (Phi) is 0.938. The van der Waals surface area contributed by atoms with E-state index in [1.165, 1.54) is 12.2 Å². The van der Waals surface area contributed by atoms with Gasteiger partial charge in [0.25, 0.3) is 0 Å². The fourth-order valence-corrected chi connectivity index (χ4v) is 0.531. The molecule has 1 rings (SSSR count). The Labute approximate surface area is 47.1 Å². The van der Waals surface area contributed by atoms with Crippen LogP contribution >= 0.6 is 0 Å². The summed E-state index contributed by atoms with van der Waals surface area (Å²) in [4.78, 5) is 10.5. The van der Waals surface area contributed by atoms with Crippen LogP contribution in [0.5, 0.6) is 0 Å². The van der Waals surface area contributed by atoms with Crippen molar-refractivity contribution in [1.29, 1.82) is 0 Å². The monoisotopic (exact) mass is 110 g/mol. The quantitative estimate of drug-likeness (QED) is 0.504. The second-order valence-electron chi connectivity index (χ2n) is 1.71. The average molecular weight is 110 g/mol. The summed E-state index contributed by atoms with van der Waals surface area (Å²) < 4.78 is 0. The molecule has 0 heterocycles. The maximum Gasteiger partial charge on any atom is 0.185 e. The van der Waals surface area contributed by atoms with E-state index in [2.05, 4.69) is 0 Å². The lowest BCUT2D eigenvalue weighted by Gasteiger charge is -1.86. The van der Waals surface area contributed by atoms with Crippen molar-refractivity contribution in [2.75, 3.05) is 0 Å². The molecule has 0 amide bonds. The van der Waals surface area contributed by atoms with Crippen molar-refractivity contribution in [1.82, 2.24) is 0 Å². The van der Waals surface area contributed by atoms with Crippen molar-refractivity contribution in [2.24, 2.45) is 0 Å². The smallest absolute Gasteiger partial charge is 0.185 e. The zero-order valence-electron chi connectivity index (χ0n) is 4.51. The summed E-state index contributed by atoms with van der Waals surface area (Å²) in [5.74, 6) is -0.00231. The number of carbonyl (C=O) groups is 1. The maximum atomic E-state index is 10.5. The number of hydrogen-bond acceptors (Lipinski definition) is 2. The normalized spacial score (nSPS) is 18.4. The summed E-state index contributed by atoms with van der Waals surface area (Å²) in [6.45, 7) is 1.59. The van der Waals surface area contributed by atoms with Crippen LogP contribution in [-0.2, 0) is 4.79 Å². The van der Waals surface area contributed by atoms with Crippen molar-refractivity contribution in [3.8, 4) is 0 Å². The van der Waals surface area contributed by atoms with E-state index in [9.17, 15) is 4.79 Å². The van der Waals surface area contributed by atoms with Gasteiger partial charge in [-0.3, -0.25) is 4.79 Å². The zero-order valence-corrected chi connectivity index (χ0v) is 4.51. The van der Waals surface area contributed by atoms with Crippen LogP contribution in [0.3, 0.4) is 0 Å². The molecule has 0 saturated carbocycles. The van der Waals surface area contributed by atoms with Crippen LogP contribution in [-0.4, -0.2) is 10.9 Å². The van der Waals surface area contributed by atoms with Crippen LogP contribution in [0.15, 0.2) is 23.5 Å². The van der Waals surface area contributed by atoms with E-state index < -0.39 is 0 Å². The maximum absolute atomic E-state index is 10.5. The Bertz CT molecular complexity index is 183. The van der Waals surface area contributed by atoms with E-state index in [4.69, 9.17) is 5.11 Å². The number of aliphatic hydroxyl groups is 1. The highest BCUT2D eigenvalue weighted by atomic mass is 16.3. The van der Waals surface area contributed by atoms with E-state index in [1.807, 2.05) is 0 Å². The van der Waals surface area contributed by atoms with Crippen LogP contribution in [0.2, 0.25) is 0 Å². The van der Waals surface area contributed by atoms with Crippen molar-refractivity contribution >= 4 is 5.78 Å². The van der Waals surface area contributed by atoms with Crippen LogP contribution in [0.1, 0.15) is 6.92 Å². The van der Waals surface area contributed by atoms with E-state index in [0.29, 0.717) is 5.57 Å². The van der Waals surface area contributed by atoms with Crippen molar-refractivity contribution in [3.05, 3.63) is 23.5 Å². The molecule has 0 radical (unpaired) electrons. The second kappa shape index (κ2) is 1.47. The first-order valence-corrected chi connectivity index (χ1v) is 2.34. The highest BCUT2D eigenvalue weighted by molar-refractivity contribution is 6.06. The summed E-state index contributed by atoms with van der Waals surface area (Å²) in [7, 11) is 0. The van der Waals surface area contributed by atoms with Crippen LogP contribution in [0.4, 0.5) is 0 Å². The van der Waals surface area contributed by atoms with Gasteiger partial charge in [-0.05, 0) is 19.1 Å². The summed E-state index contributed by atoms with van der Waals surface area (Å²) in [6, 6.07) is 0. The van der Waals surface area contributed by atoms with Crippen LogP contribution < -0.4 is 0 Å². The molecule has 0 aromatic heterocycles. The molecular formula is C6H6O2. The topological polar surface area (TPSA) is 37.3 Å². The van der Waals surface area contributed by atoms with E-state index in [1.54, 1.807) is 6.92 Å². The minimum Gasteiger partial charge on any atom is -0.508 e. The van der Waals surface area contributed by atoms with Crippen LogP contribution in [0, 0.1) is 0 Å². The third-order valence-corrected chi connectivity index (χ3v) is 1.15. The first kappa shape index (κ1) is 5.09. The fraction of sp³-hybridized carbons (Fsp3) is 0.167. The molecular weight excluding hydrogens is 104 g/mol. The molecule has 1 aliphatic rings. The Morgan fingerprint density at radius 3 is 2.25 bits per heavy atom. The Morgan fingerprint density at radius 2 is 2.12 bits per heavy atom. The number of allylic oxidation sites excluding steroid dienone is 3. The lowest BCUT2D eigenvalue weighted by molar-refractivity contribution is -0.111. The number of rotatable bonds is 0. The molecule has 0 unspecified atom stereocenters. The Balaban J connectivity index is 3.02. The van der Waals surface area contributed by atoms with Gasteiger partial charge in [-0.25, -0.2) is 0 Å². The summed E-state index contributed by atoms with van der Waals surface area (Å²) in [5, 5.41) is 8.74. The van der Waals surface area contributed by atoms with Crippen LogP contribution in [0.25, 0.3) is 0 Å². The SMILES string of the molecule is CC1=C(O)C=CC1=O. The van der Waals surface area contributed by atoms with Gasteiger partial charge < -0.3 is 5.11 Å². The minimum atomic E-state index is -0.0949. The number of aliphatic hydroxyl groups excluding tert-OH is 1. The van der Waals surface area contributed by atoms with Gasteiger partial charge in [0.2, 0.25) is 0 Å². The number of hydrogen-bond donors (Lipinski definition) is 1. The molecule has 2 heteroatoms. The molecule has 0 aliphatic heterocycles. The van der Waals surface area contributed by atoms with Gasteiger partial charge in [-0.1, -0.05) is 0 Å². The zero-order chi connectivity index (χ0) is 6.15. The van der Waals surface area contributed by atoms with E-state index in [0.717, 1.165) is 0 Å². The molecule has 1 N–H and O–H groups in total. The van der Waals surface area contributed by atoms with Crippen molar-refractivity contribution in [2.45, 2.75) is 6.92 Å². The second-order valence-corrected chi connectivity index (χ2v) is 1.71. The average Bonchev–Trinajstić information content (AvgIpc) is 1.98. The molecule has 1 aliphatic carbocycles. The summed E-state index contributed by atoms with van der Waals surface area (Å²) >= 11 is 0. The van der Waals surface area contributed by atoms with Gasteiger partial charge >= 0.3 is 0 Å². The standard InChI is InChI=1S/C6H6O2/c1-4-5(7)2-3-6(4)8/h2-3,7H,1H3. The van der Waals surface area contributed by atoms with Gasteiger partial charge in [-0.15, -0.1) is 0 Å². The summed E-state index contributed by atoms with van der Waals surface area (Å²) in [5.41, 5.74) is 0.435. The molecule has 0 saturated heterocycles. The molecule has 42 valence electrons. The number of ketones is 1. The minimum absolute atomic E-state index is 0.0926. The van der Waals surface area contributed by atoms with Crippen molar-refractivity contribution in [3.63, 3.8) is 0 Å².